The molecule has 0 saturated carbocycles. The lowest BCUT2D eigenvalue weighted by molar-refractivity contribution is 0.184. The van der Waals surface area contributed by atoms with Crippen molar-refractivity contribution in [2.45, 2.75) is 32.4 Å². The Labute approximate surface area is 147 Å². The molecule has 0 bridgehead atoms. The molecule has 1 N–H and O–H groups in total. The summed E-state index contributed by atoms with van der Waals surface area (Å²) in [6.07, 6.45) is 1.26. The molecule has 5 nitrogen and oxygen atoms in total. The first-order chi connectivity index (χ1) is 12.2. The van der Waals surface area contributed by atoms with E-state index in [-0.39, 0.29) is 0 Å². The molecule has 0 aliphatic rings. The number of methoxy groups -OCH3 is 1. The first-order valence-corrected chi connectivity index (χ1v) is 8.59. The van der Waals surface area contributed by atoms with Crippen molar-refractivity contribution >= 4 is 11.0 Å². The van der Waals surface area contributed by atoms with Crippen LogP contribution < -0.4 is 9.47 Å². The molecule has 2 aromatic carbocycles. The van der Waals surface area contributed by atoms with Crippen LogP contribution in [0.1, 0.15) is 31.7 Å². The maximum absolute atomic E-state index is 9.99. The molecule has 0 fully saturated rings. The van der Waals surface area contributed by atoms with Gasteiger partial charge < -0.3 is 19.1 Å². The summed E-state index contributed by atoms with van der Waals surface area (Å²) in [5.41, 5.74) is 1.98. The summed E-state index contributed by atoms with van der Waals surface area (Å²) in [5, 5.41) is 9.99. The first kappa shape index (κ1) is 17.3. The number of benzene rings is 2. The Hall–Kier alpha value is -2.53. The average molecular weight is 340 g/mol. The largest absolute Gasteiger partial charge is 0.493 e. The van der Waals surface area contributed by atoms with E-state index in [2.05, 4.69) is 9.55 Å². The number of ether oxygens (including phenoxy) is 2. The van der Waals surface area contributed by atoms with E-state index in [4.69, 9.17) is 9.47 Å². The van der Waals surface area contributed by atoms with Gasteiger partial charge in [-0.3, -0.25) is 0 Å². The average Bonchev–Trinajstić information content (AvgIpc) is 3.01. The molecule has 0 unspecified atom stereocenters. The Morgan fingerprint density at radius 2 is 1.76 bits per heavy atom. The topological polar surface area (TPSA) is 56.5 Å². The van der Waals surface area contributed by atoms with Crippen LogP contribution in [0.25, 0.3) is 11.0 Å². The lowest BCUT2D eigenvalue weighted by atomic mass is 10.2. The SMILES string of the molecule is COc1ccccc1OCCCCn1c([C@@H](C)O)nc2ccccc21. The van der Waals surface area contributed by atoms with E-state index in [0.29, 0.717) is 12.4 Å². The van der Waals surface area contributed by atoms with Crippen molar-refractivity contribution in [3.63, 3.8) is 0 Å². The van der Waals surface area contributed by atoms with Gasteiger partial charge in [0.2, 0.25) is 0 Å². The highest BCUT2D eigenvalue weighted by molar-refractivity contribution is 5.75. The number of hydrogen-bond donors (Lipinski definition) is 1. The Morgan fingerprint density at radius 3 is 2.52 bits per heavy atom. The van der Waals surface area contributed by atoms with Crippen molar-refractivity contribution < 1.29 is 14.6 Å². The molecule has 0 radical (unpaired) electrons. The fourth-order valence-corrected chi connectivity index (χ4v) is 2.94. The molecular weight excluding hydrogens is 316 g/mol. The summed E-state index contributed by atoms with van der Waals surface area (Å²) >= 11 is 0. The van der Waals surface area contributed by atoms with Crippen molar-refractivity contribution in [3.05, 3.63) is 54.4 Å². The molecule has 0 aliphatic heterocycles. The third-order valence-electron chi connectivity index (χ3n) is 4.16. The summed E-state index contributed by atoms with van der Waals surface area (Å²) in [7, 11) is 1.64. The minimum absolute atomic E-state index is 0.586. The minimum atomic E-state index is -0.586. The number of rotatable bonds is 8. The zero-order valence-corrected chi connectivity index (χ0v) is 14.7. The van der Waals surface area contributed by atoms with E-state index in [9.17, 15) is 5.11 Å². The van der Waals surface area contributed by atoms with Crippen LogP contribution in [-0.4, -0.2) is 28.4 Å². The van der Waals surface area contributed by atoms with E-state index < -0.39 is 6.10 Å². The van der Waals surface area contributed by atoms with Crippen molar-refractivity contribution in [1.82, 2.24) is 9.55 Å². The molecule has 3 rings (SSSR count). The van der Waals surface area contributed by atoms with Gasteiger partial charge >= 0.3 is 0 Å². The summed E-state index contributed by atoms with van der Waals surface area (Å²) in [6.45, 7) is 3.18. The molecule has 5 heteroatoms. The van der Waals surface area contributed by atoms with Crippen LogP contribution >= 0.6 is 0 Å². The van der Waals surface area contributed by atoms with Gasteiger partial charge in [0, 0.05) is 6.54 Å². The highest BCUT2D eigenvalue weighted by Crippen LogP contribution is 2.26. The number of hydrogen-bond acceptors (Lipinski definition) is 4. The van der Waals surface area contributed by atoms with Gasteiger partial charge in [0.1, 0.15) is 11.9 Å². The first-order valence-electron chi connectivity index (χ1n) is 8.59. The minimum Gasteiger partial charge on any atom is -0.493 e. The van der Waals surface area contributed by atoms with Gasteiger partial charge in [-0.05, 0) is 44.0 Å². The molecule has 0 aliphatic carbocycles. The summed E-state index contributed by atoms with van der Waals surface area (Å²) in [6, 6.07) is 15.6. The van der Waals surface area contributed by atoms with Crippen molar-refractivity contribution in [1.29, 1.82) is 0 Å². The second kappa shape index (κ2) is 8.03. The zero-order chi connectivity index (χ0) is 17.6. The standard InChI is InChI=1S/C20H24N2O3/c1-15(23)20-21-16-9-3-4-10-17(16)22(20)13-7-8-14-25-19-12-6-5-11-18(19)24-2/h3-6,9-12,15,23H,7-8,13-14H2,1-2H3/t15-/m1/s1. The fourth-order valence-electron chi connectivity index (χ4n) is 2.94. The molecule has 1 atom stereocenters. The number of unbranched alkanes of at least 4 members (excludes halogenated alkanes) is 1. The van der Waals surface area contributed by atoms with Crippen LogP contribution in [0.2, 0.25) is 0 Å². The van der Waals surface area contributed by atoms with Gasteiger partial charge in [0.25, 0.3) is 0 Å². The molecular formula is C20H24N2O3. The van der Waals surface area contributed by atoms with Gasteiger partial charge in [0.15, 0.2) is 11.5 Å². The Balaban J connectivity index is 1.59. The number of para-hydroxylation sites is 4. The van der Waals surface area contributed by atoms with Gasteiger partial charge in [-0.15, -0.1) is 0 Å². The van der Waals surface area contributed by atoms with E-state index in [1.165, 1.54) is 0 Å². The lowest BCUT2D eigenvalue weighted by Crippen LogP contribution is -2.08. The molecule has 1 aromatic heterocycles. The summed E-state index contributed by atoms with van der Waals surface area (Å²) in [5.74, 6) is 2.23. The maximum atomic E-state index is 9.99. The Morgan fingerprint density at radius 1 is 1.04 bits per heavy atom. The molecule has 0 saturated heterocycles. The third kappa shape index (κ3) is 3.94. The number of fused-ring (bicyclic) bond motifs is 1. The van der Waals surface area contributed by atoms with E-state index in [0.717, 1.165) is 41.9 Å². The van der Waals surface area contributed by atoms with E-state index >= 15 is 0 Å². The quantitative estimate of drug-likeness (QED) is 0.631. The van der Waals surface area contributed by atoms with Crippen LogP contribution in [0.15, 0.2) is 48.5 Å². The molecule has 0 spiro atoms. The molecule has 3 aromatic rings. The number of imidazole rings is 1. The van der Waals surface area contributed by atoms with Gasteiger partial charge in [-0.1, -0.05) is 24.3 Å². The number of aliphatic hydroxyl groups excluding tert-OH is 1. The number of aliphatic hydroxyl groups is 1. The molecule has 25 heavy (non-hydrogen) atoms. The third-order valence-corrected chi connectivity index (χ3v) is 4.16. The second-order valence-corrected chi connectivity index (χ2v) is 5.99. The number of nitrogens with zero attached hydrogens (tertiary/aromatic N) is 2. The van der Waals surface area contributed by atoms with Crippen molar-refractivity contribution in [3.8, 4) is 11.5 Å². The maximum Gasteiger partial charge on any atom is 0.161 e. The normalized spacial score (nSPS) is 12.3. The fraction of sp³-hybridized carbons (Fsp3) is 0.350. The predicted octanol–water partition coefficient (Wildman–Crippen LogP) is 3.96. The zero-order valence-electron chi connectivity index (χ0n) is 14.7. The lowest BCUT2D eigenvalue weighted by Gasteiger charge is -2.12. The highest BCUT2D eigenvalue weighted by atomic mass is 16.5. The Kier molecular flexibility index (Phi) is 5.56. The number of aryl methyl sites for hydroxylation is 1. The number of aromatic nitrogens is 2. The van der Waals surface area contributed by atoms with E-state index in [1.54, 1.807) is 14.0 Å². The van der Waals surface area contributed by atoms with Gasteiger partial charge in [0.05, 0.1) is 24.8 Å². The van der Waals surface area contributed by atoms with Crippen LogP contribution in [0.5, 0.6) is 11.5 Å². The monoisotopic (exact) mass is 340 g/mol. The van der Waals surface area contributed by atoms with Crippen molar-refractivity contribution in [2.24, 2.45) is 0 Å². The van der Waals surface area contributed by atoms with Crippen LogP contribution in [0.3, 0.4) is 0 Å². The Bertz CT molecular complexity index is 827. The highest BCUT2D eigenvalue weighted by Gasteiger charge is 2.14. The van der Waals surface area contributed by atoms with E-state index in [1.807, 2.05) is 48.5 Å². The summed E-state index contributed by atoms with van der Waals surface area (Å²) in [4.78, 5) is 4.55. The molecule has 1 heterocycles. The smallest absolute Gasteiger partial charge is 0.161 e. The second-order valence-electron chi connectivity index (χ2n) is 5.99. The van der Waals surface area contributed by atoms with Crippen molar-refractivity contribution in [2.75, 3.05) is 13.7 Å². The van der Waals surface area contributed by atoms with Crippen LogP contribution in [0, 0.1) is 0 Å². The predicted molar refractivity (Wildman–Crippen MR) is 98.1 cm³/mol. The molecule has 132 valence electrons. The summed E-state index contributed by atoms with van der Waals surface area (Å²) < 4.78 is 13.2. The molecule has 0 amide bonds. The van der Waals surface area contributed by atoms with Crippen LogP contribution in [-0.2, 0) is 6.54 Å². The van der Waals surface area contributed by atoms with Crippen LogP contribution in [0.4, 0.5) is 0 Å². The van der Waals surface area contributed by atoms with Gasteiger partial charge in [-0.2, -0.15) is 0 Å². The van der Waals surface area contributed by atoms with Gasteiger partial charge in [-0.25, -0.2) is 4.98 Å².